The summed E-state index contributed by atoms with van der Waals surface area (Å²) in [6.45, 7) is 10.00. The van der Waals surface area contributed by atoms with E-state index >= 15 is 0 Å². The molecule has 0 spiro atoms. The van der Waals surface area contributed by atoms with E-state index in [1.807, 2.05) is 6.92 Å². The number of unbranched alkanes of at least 4 members (excludes halogenated alkanes) is 1. The first-order valence-electron chi connectivity index (χ1n) is 8.66. The van der Waals surface area contributed by atoms with Gasteiger partial charge in [0, 0.05) is 39.9 Å². The van der Waals surface area contributed by atoms with Crippen LogP contribution in [0.25, 0.3) is 0 Å². The molecule has 0 aliphatic carbocycles. The monoisotopic (exact) mass is 363 g/mol. The molecule has 0 aromatic carbocycles. The highest BCUT2D eigenvalue weighted by Crippen LogP contribution is 2.23. The molecule has 24 heavy (non-hydrogen) atoms. The van der Waals surface area contributed by atoms with Gasteiger partial charge in [-0.1, -0.05) is 0 Å². The molecule has 7 nitrogen and oxygen atoms in total. The van der Waals surface area contributed by atoms with E-state index in [1.54, 1.807) is 21.0 Å². The van der Waals surface area contributed by atoms with Crippen molar-refractivity contribution in [2.24, 2.45) is 4.99 Å². The van der Waals surface area contributed by atoms with Crippen LogP contribution in [0, 0.1) is 0 Å². The van der Waals surface area contributed by atoms with Gasteiger partial charge >= 0.3 is 0 Å². The molecule has 1 fully saturated rings. The number of sulfone groups is 1. The molecule has 1 rings (SSSR count). The summed E-state index contributed by atoms with van der Waals surface area (Å²) < 4.78 is 33.9. The van der Waals surface area contributed by atoms with Gasteiger partial charge in [-0.15, -0.1) is 0 Å². The van der Waals surface area contributed by atoms with Crippen LogP contribution in [-0.4, -0.2) is 82.9 Å². The second-order valence-corrected chi connectivity index (χ2v) is 9.29. The maximum atomic E-state index is 12.1. The van der Waals surface area contributed by atoms with Gasteiger partial charge in [-0.25, -0.2) is 8.42 Å². The summed E-state index contributed by atoms with van der Waals surface area (Å²) in [5.74, 6) is 0.985. The molecule has 0 aromatic rings. The SMILES string of the molecule is CCNC(=NCCCCOCCOC)N1CCS(=O)(=O)C(C)(C)C1. The highest BCUT2D eigenvalue weighted by Gasteiger charge is 2.40. The highest BCUT2D eigenvalue weighted by atomic mass is 32.2. The van der Waals surface area contributed by atoms with Crippen molar-refractivity contribution >= 4 is 15.8 Å². The number of aliphatic imine (C=N–C) groups is 1. The maximum absolute atomic E-state index is 12.1. The smallest absolute Gasteiger partial charge is 0.193 e. The molecular formula is C16H33N3O4S. The molecular weight excluding hydrogens is 330 g/mol. The third-order valence-corrected chi connectivity index (χ3v) is 6.60. The van der Waals surface area contributed by atoms with Crippen molar-refractivity contribution in [1.29, 1.82) is 0 Å². The molecule has 1 aliphatic rings. The Hall–Kier alpha value is -0.860. The van der Waals surface area contributed by atoms with Crippen LogP contribution in [0.15, 0.2) is 4.99 Å². The lowest BCUT2D eigenvalue weighted by molar-refractivity contribution is 0.0690. The predicted octanol–water partition coefficient (Wildman–Crippen LogP) is 0.904. The predicted molar refractivity (Wildman–Crippen MR) is 97.3 cm³/mol. The van der Waals surface area contributed by atoms with Crippen LogP contribution in [0.4, 0.5) is 0 Å². The number of nitrogens with zero attached hydrogens (tertiary/aromatic N) is 2. The van der Waals surface area contributed by atoms with Crippen LogP contribution in [0.5, 0.6) is 0 Å². The van der Waals surface area contributed by atoms with E-state index in [4.69, 9.17) is 9.47 Å². The standard InChI is InChI=1S/C16H33N3O4S/c1-5-17-15(18-8-6-7-10-23-12-11-22-4)19-9-13-24(20,21)16(2,3)14-19/h5-14H2,1-4H3,(H,17,18). The molecule has 142 valence electrons. The van der Waals surface area contributed by atoms with Crippen molar-refractivity contribution in [2.75, 3.05) is 58.9 Å². The Bertz CT molecular complexity index is 492. The lowest BCUT2D eigenvalue weighted by Gasteiger charge is -2.39. The van der Waals surface area contributed by atoms with E-state index < -0.39 is 14.6 Å². The largest absolute Gasteiger partial charge is 0.382 e. The molecule has 1 saturated heterocycles. The zero-order valence-electron chi connectivity index (χ0n) is 15.5. The molecule has 1 aliphatic heterocycles. The Labute approximate surface area is 146 Å². The molecule has 8 heteroatoms. The zero-order chi connectivity index (χ0) is 18.1. The topological polar surface area (TPSA) is 80.2 Å². The maximum Gasteiger partial charge on any atom is 0.193 e. The zero-order valence-corrected chi connectivity index (χ0v) is 16.3. The molecule has 1 N–H and O–H groups in total. The minimum Gasteiger partial charge on any atom is -0.382 e. The Morgan fingerprint density at radius 2 is 2.00 bits per heavy atom. The fourth-order valence-electron chi connectivity index (χ4n) is 2.50. The van der Waals surface area contributed by atoms with Gasteiger partial charge in [0.1, 0.15) is 0 Å². The summed E-state index contributed by atoms with van der Waals surface area (Å²) in [7, 11) is -1.37. The van der Waals surface area contributed by atoms with Gasteiger partial charge in [-0.3, -0.25) is 4.99 Å². The Morgan fingerprint density at radius 1 is 1.25 bits per heavy atom. The Kier molecular flexibility index (Phi) is 9.01. The average Bonchev–Trinajstić information content (AvgIpc) is 2.51. The van der Waals surface area contributed by atoms with Crippen LogP contribution >= 0.6 is 0 Å². The first kappa shape index (κ1) is 21.2. The van der Waals surface area contributed by atoms with Crippen molar-refractivity contribution in [3.63, 3.8) is 0 Å². The summed E-state index contributed by atoms with van der Waals surface area (Å²) in [5.41, 5.74) is 0. The number of hydrogen-bond donors (Lipinski definition) is 1. The van der Waals surface area contributed by atoms with Crippen molar-refractivity contribution in [3.05, 3.63) is 0 Å². The molecule has 0 amide bonds. The normalized spacial score (nSPS) is 20.2. The van der Waals surface area contributed by atoms with Crippen LogP contribution in [0.1, 0.15) is 33.6 Å². The highest BCUT2D eigenvalue weighted by molar-refractivity contribution is 7.92. The van der Waals surface area contributed by atoms with E-state index in [2.05, 4.69) is 15.2 Å². The van der Waals surface area contributed by atoms with E-state index in [1.165, 1.54) is 0 Å². The van der Waals surface area contributed by atoms with Gasteiger partial charge in [-0.05, 0) is 33.6 Å². The van der Waals surface area contributed by atoms with Crippen molar-refractivity contribution in [3.8, 4) is 0 Å². The van der Waals surface area contributed by atoms with Crippen LogP contribution in [0.2, 0.25) is 0 Å². The van der Waals surface area contributed by atoms with Crippen LogP contribution in [0.3, 0.4) is 0 Å². The summed E-state index contributed by atoms with van der Waals surface area (Å²) in [5, 5.41) is 3.27. The first-order chi connectivity index (χ1) is 11.3. The van der Waals surface area contributed by atoms with Gasteiger partial charge in [0.15, 0.2) is 15.8 Å². The lowest BCUT2D eigenvalue weighted by Crippen LogP contribution is -2.57. The van der Waals surface area contributed by atoms with Gasteiger partial charge in [0.2, 0.25) is 0 Å². The van der Waals surface area contributed by atoms with Gasteiger partial charge in [-0.2, -0.15) is 0 Å². The van der Waals surface area contributed by atoms with Gasteiger partial charge in [0.25, 0.3) is 0 Å². The summed E-state index contributed by atoms with van der Waals surface area (Å²) in [4.78, 5) is 6.70. The fourth-order valence-corrected chi connectivity index (χ4v) is 3.86. The van der Waals surface area contributed by atoms with E-state index in [0.717, 1.165) is 25.3 Å². The van der Waals surface area contributed by atoms with Crippen LogP contribution in [-0.2, 0) is 19.3 Å². The molecule has 0 atom stereocenters. The second-order valence-electron chi connectivity index (χ2n) is 6.55. The minimum atomic E-state index is -3.03. The molecule has 0 bridgehead atoms. The summed E-state index contributed by atoms with van der Waals surface area (Å²) in [6, 6.07) is 0. The summed E-state index contributed by atoms with van der Waals surface area (Å²) in [6.07, 6.45) is 1.89. The van der Waals surface area contributed by atoms with E-state index in [0.29, 0.717) is 39.5 Å². The molecule has 1 heterocycles. The molecule has 0 aromatic heterocycles. The quantitative estimate of drug-likeness (QED) is 0.372. The van der Waals surface area contributed by atoms with Crippen LogP contribution < -0.4 is 5.32 Å². The molecule has 0 radical (unpaired) electrons. The number of nitrogens with one attached hydrogen (secondary N) is 1. The van der Waals surface area contributed by atoms with Crippen molar-refractivity contribution in [2.45, 2.75) is 38.4 Å². The number of guanidine groups is 1. The van der Waals surface area contributed by atoms with E-state index in [9.17, 15) is 8.42 Å². The third-order valence-electron chi connectivity index (χ3n) is 4.07. The fraction of sp³-hybridized carbons (Fsp3) is 0.938. The van der Waals surface area contributed by atoms with Gasteiger partial charge < -0.3 is 19.7 Å². The molecule has 0 saturated carbocycles. The minimum absolute atomic E-state index is 0.178. The Balaban J connectivity index is 2.46. The number of methoxy groups -OCH3 is 1. The van der Waals surface area contributed by atoms with Crippen molar-refractivity contribution in [1.82, 2.24) is 10.2 Å². The number of rotatable bonds is 9. The number of ether oxygens (including phenoxy) is 2. The van der Waals surface area contributed by atoms with Gasteiger partial charge in [0.05, 0.1) is 23.7 Å². The third kappa shape index (κ3) is 6.57. The first-order valence-corrected chi connectivity index (χ1v) is 10.3. The number of hydrogen-bond acceptors (Lipinski definition) is 5. The summed E-state index contributed by atoms with van der Waals surface area (Å²) >= 11 is 0. The Morgan fingerprint density at radius 3 is 2.62 bits per heavy atom. The molecule has 0 unspecified atom stereocenters. The second kappa shape index (κ2) is 10.2. The van der Waals surface area contributed by atoms with Crippen molar-refractivity contribution < 1.29 is 17.9 Å². The average molecular weight is 364 g/mol. The lowest BCUT2D eigenvalue weighted by atomic mass is 10.2. The van der Waals surface area contributed by atoms with E-state index in [-0.39, 0.29) is 5.75 Å².